The van der Waals surface area contributed by atoms with Crippen LogP contribution < -0.4 is 14.8 Å². The van der Waals surface area contributed by atoms with Crippen molar-refractivity contribution in [3.63, 3.8) is 0 Å². The summed E-state index contributed by atoms with van der Waals surface area (Å²) in [5.74, 6) is 2.27. The Balaban J connectivity index is 1.87. The third-order valence-corrected chi connectivity index (χ3v) is 3.59. The highest BCUT2D eigenvalue weighted by Gasteiger charge is 2.01. The molecule has 0 amide bonds. The molecule has 0 unspecified atom stereocenters. The zero-order valence-corrected chi connectivity index (χ0v) is 15.3. The van der Waals surface area contributed by atoms with E-state index in [1.54, 1.807) is 18.2 Å². The van der Waals surface area contributed by atoms with E-state index in [0.717, 1.165) is 5.69 Å². The van der Waals surface area contributed by atoms with Crippen molar-refractivity contribution in [2.75, 3.05) is 18.5 Å². The summed E-state index contributed by atoms with van der Waals surface area (Å²) in [6, 6.07) is 14.7. The van der Waals surface area contributed by atoms with Crippen LogP contribution >= 0.6 is 23.2 Å². The summed E-state index contributed by atoms with van der Waals surface area (Å²) < 4.78 is 11.4. The number of nitrogens with one attached hydrogen (secondary N) is 1. The minimum atomic E-state index is 0.173. The Morgan fingerprint density at radius 1 is 1.00 bits per heavy atom. The van der Waals surface area contributed by atoms with E-state index in [1.165, 1.54) is 0 Å². The minimum Gasteiger partial charge on any atom is -0.489 e. The van der Waals surface area contributed by atoms with Crippen LogP contribution in [0.5, 0.6) is 17.2 Å². The molecule has 2 aromatic rings. The molecule has 132 valence electrons. The van der Waals surface area contributed by atoms with E-state index in [9.17, 15) is 4.79 Å². The Morgan fingerprint density at radius 2 is 1.56 bits per heavy atom. The van der Waals surface area contributed by atoms with Gasteiger partial charge in [0.25, 0.3) is 0 Å². The van der Waals surface area contributed by atoms with Crippen LogP contribution in [0.1, 0.15) is 13.3 Å². The number of ether oxygens (including phenoxy) is 2. The van der Waals surface area contributed by atoms with Gasteiger partial charge in [0.2, 0.25) is 0 Å². The second kappa shape index (κ2) is 9.97. The van der Waals surface area contributed by atoms with Crippen molar-refractivity contribution in [2.24, 2.45) is 0 Å². The monoisotopic (exact) mass is 379 g/mol. The van der Waals surface area contributed by atoms with E-state index < -0.39 is 0 Å². The third kappa shape index (κ3) is 7.08. The van der Waals surface area contributed by atoms with Gasteiger partial charge in [-0.15, -0.1) is 0 Å². The van der Waals surface area contributed by atoms with E-state index in [4.69, 9.17) is 32.7 Å². The Morgan fingerprint density at radius 3 is 2.12 bits per heavy atom. The zero-order valence-electron chi connectivity index (χ0n) is 13.8. The normalized spacial score (nSPS) is 10.0. The first-order valence-electron chi connectivity index (χ1n) is 7.84. The largest absolute Gasteiger partial charge is 0.489 e. The highest BCUT2D eigenvalue weighted by molar-refractivity contribution is 6.55. The summed E-state index contributed by atoms with van der Waals surface area (Å²) in [6.07, 6.45) is 2.10. The fourth-order valence-corrected chi connectivity index (χ4v) is 2.03. The van der Waals surface area contributed by atoms with Crippen LogP contribution in [-0.2, 0) is 4.79 Å². The summed E-state index contributed by atoms with van der Waals surface area (Å²) in [4.78, 5) is 11.3. The lowest BCUT2D eigenvalue weighted by atomic mass is 10.2. The standard InChI is InChI=1S/C19H19Cl2NO3/c1-2-15(23)13-22-14-3-5-17(6-4-14)25-18-9-7-16(8-10-18)24-12-11-19(20)21/h3-11,22H,2,12-13H2,1H3. The molecule has 25 heavy (non-hydrogen) atoms. The number of rotatable bonds is 9. The molecule has 0 saturated carbocycles. The molecule has 0 radical (unpaired) electrons. The Bertz CT molecular complexity index is 708. The maximum atomic E-state index is 11.3. The van der Waals surface area contributed by atoms with Crippen LogP contribution in [0.15, 0.2) is 59.1 Å². The molecule has 0 saturated heterocycles. The van der Waals surface area contributed by atoms with Crippen molar-refractivity contribution in [2.45, 2.75) is 13.3 Å². The molecule has 0 aliphatic heterocycles. The fourth-order valence-electron chi connectivity index (χ4n) is 1.91. The average molecular weight is 380 g/mol. The summed E-state index contributed by atoms with van der Waals surface area (Å²) in [7, 11) is 0. The van der Waals surface area contributed by atoms with Crippen LogP contribution in [0.3, 0.4) is 0 Å². The number of Topliss-reactive ketones (excluding diaryl/α,β-unsaturated/α-hetero) is 1. The molecule has 0 aliphatic carbocycles. The average Bonchev–Trinajstić information content (AvgIpc) is 2.62. The van der Waals surface area contributed by atoms with Crippen molar-refractivity contribution in [1.82, 2.24) is 0 Å². The first kappa shape index (κ1) is 19.2. The molecule has 0 bridgehead atoms. The van der Waals surface area contributed by atoms with Gasteiger partial charge in [-0.2, -0.15) is 0 Å². The Hall–Kier alpha value is -2.17. The number of benzene rings is 2. The number of hydrogen-bond acceptors (Lipinski definition) is 4. The van der Waals surface area contributed by atoms with E-state index in [1.807, 2.05) is 43.3 Å². The van der Waals surface area contributed by atoms with Crippen molar-refractivity contribution in [3.8, 4) is 17.2 Å². The first-order chi connectivity index (χ1) is 12.1. The predicted octanol–water partition coefficient (Wildman–Crippen LogP) is 5.57. The predicted molar refractivity (Wildman–Crippen MR) is 102 cm³/mol. The number of ketones is 1. The van der Waals surface area contributed by atoms with Gasteiger partial charge < -0.3 is 14.8 Å². The molecule has 2 rings (SSSR count). The maximum absolute atomic E-state index is 11.3. The van der Waals surface area contributed by atoms with Crippen molar-refractivity contribution in [3.05, 3.63) is 59.1 Å². The topological polar surface area (TPSA) is 47.6 Å². The molecular weight excluding hydrogens is 361 g/mol. The van der Waals surface area contributed by atoms with Gasteiger partial charge in [0.15, 0.2) is 5.78 Å². The van der Waals surface area contributed by atoms with Gasteiger partial charge in [-0.3, -0.25) is 4.79 Å². The van der Waals surface area contributed by atoms with Crippen LogP contribution in [0.2, 0.25) is 0 Å². The number of halogens is 2. The lowest BCUT2D eigenvalue weighted by molar-refractivity contribution is -0.117. The molecule has 2 aromatic carbocycles. The molecule has 0 spiro atoms. The molecule has 6 heteroatoms. The van der Waals surface area contributed by atoms with Crippen molar-refractivity contribution in [1.29, 1.82) is 0 Å². The van der Waals surface area contributed by atoms with Gasteiger partial charge >= 0.3 is 0 Å². The van der Waals surface area contributed by atoms with Crippen LogP contribution in [0.4, 0.5) is 5.69 Å². The molecule has 1 N–H and O–H groups in total. The maximum Gasteiger partial charge on any atom is 0.151 e. The van der Waals surface area contributed by atoms with Gasteiger partial charge in [0.05, 0.1) is 6.54 Å². The van der Waals surface area contributed by atoms with Gasteiger partial charge in [-0.1, -0.05) is 30.1 Å². The lowest BCUT2D eigenvalue weighted by Gasteiger charge is -2.09. The highest BCUT2D eigenvalue weighted by Crippen LogP contribution is 2.25. The van der Waals surface area contributed by atoms with Crippen molar-refractivity contribution >= 4 is 34.7 Å². The zero-order chi connectivity index (χ0) is 18.1. The van der Waals surface area contributed by atoms with Gasteiger partial charge in [0, 0.05) is 12.1 Å². The molecular formula is C19H19Cl2NO3. The van der Waals surface area contributed by atoms with E-state index in [0.29, 0.717) is 36.8 Å². The first-order valence-corrected chi connectivity index (χ1v) is 8.60. The molecule has 0 aromatic heterocycles. The van der Waals surface area contributed by atoms with Crippen LogP contribution in [0.25, 0.3) is 0 Å². The molecule has 0 heterocycles. The highest BCUT2D eigenvalue weighted by atomic mass is 35.5. The van der Waals surface area contributed by atoms with E-state index >= 15 is 0 Å². The summed E-state index contributed by atoms with van der Waals surface area (Å²) in [6.45, 7) is 2.49. The van der Waals surface area contributed by atoms with Crippen molar-refractivity contribution < 1.29 is 14.3 Å². The van der Waals surface area contributed by atoms with Gasteiger partial charge in [0.1, 0.15) is 28.3 Å². The molecule has 4 nitrogen and oxygen atoms in total. The second-order valence-electron chi connectivity index (χ2n) is 5.15. The van der Waals surface area contributed by atoms with Gasteiger partial charge in [-0.25, -0.2) is 0 Å². The number of anilines is 1. The summed E-state index contributed by atoms with van der Waals surface area (Å²) in [5.41, 5.74) is 0.879. The molecule has 0 fully saturated rings. The number of carbonyl (C=O) groups is 1. The quantitative estimate of drug-likeness (QED) is 0.618. The van der Waals surface area contributed by atoms with Crippen LogP contribution in [0, 0.1) is 0 Å². The summed E-state index contributed by atoms with van der Waals surface area (Å²) >= 11 is 11.0. The lowest BCUT2D eigenvalue weighted by Crippen LogP contribution is -2.12. The molecule has 0 atom stereocenters. The fraction of sp³-hybridized carbons (Fsp3) is 0.211. The number of hydrogen-bond donors (Lipinski definition) is 1. The smallest absolute Gasteiger partial charge is 0.151 e. The Labute approximate surface area is 157 Å². The minimum absolute atomic E-state index is 0.173. The van der Waals surface area contributed by atoms with E-state index in [2.05, 4.69) is 5.32 Å². The SMILES string of the molecule is CCC(=O)CNc1ccc(Oc2ccc(OCC=C(Cl)Cl)cc2)cc1. The Kier molecular flexibility index (Phi) is 7.64. The summed E-state index contributed by atoms with van der Waals surface area (Å²) in [5, 5.41) is 3.08. The molecule has 0 aliphatic rings. The third-order valence-electron chi connectivity index (χ3n) is 3.29. The second-order valence-corrected chi connectivity index (χ2v) is 6.16. The van der Waals surface area contributed by atoms with E-state index in [-0.39, 0.29) is 10.3 Å². The number of carbonyl (C=O) groups excluding carboxylic acids is 1. The van der Waals surface area contributed by atoms with Crippen LogP contribution in [-0.4, -0.2) is 18.9 Å². The van der Waals surface area contributed by atoms with Gasteiger partial charge in [-0.05, 0) is 54.6 Å².